The first kappa shape index (κ1) is 18.2. The Morgan fingerprint density at radius 1 is 1.23 bits per heavy atom. The summed E-state index contributed by atoms with van der Waals surface area (Å²) in [6.07, 6.45) is 4.57. The standard InChI is InChI=1S/C20H25N3O3/c1-13(2)21-19(24)17-5-4-14(3)22-18(17)15-6-9-23(10-7-15)20(25)16-8-11-26-12-16/h4-5,8,11-13,15H,6-7,9-10H2,1-3H3,(H,21,24). The molecule has 26 heavy (non-hydrogen) atoms. The van der Waals surface area contributed by atoms with Crippen molar-refractivity contribution in [3.05, 3.63) is 53.2 Å². The van der Waals surface area contributed by atoms with Gasteiger partial charge in [-0.1, -0.05) is 0 Å². The third-order valence-corrected chi connectivity index (χ3v) is 4.67. The average Bonchev–Trinajstić information content (AvgIpc) is 3.15. The smallest absolute Gasteiger partial charge is 0.257 e. The predicted molar refractivity (Wildman–Crippen MR) is 98.2 cm³/mol. The number of aryl methyl sites for hydroxylation is 1. The van der Waals surface area contributed by atoms with Crippen LogP contribution in [0.4, 0.5) is 0 Å². The van der Waals surface area contributed by atoms with E-state index >= 15 is 0 Å². The third kappa shape index (κ3) is 3.95. The highest BCUT2D eigenvalue weighted by atomic mass is 16.3. The average molecular weight is 355 g/mol. The van der Waals surface area contributed by atoms with Gasteiger partial charge in [0.05, 0.1) is 23.1 Å². The van der Waals surface area contributed by atoms with Gasteiger partial charge in [0.25, 0.3) is 11.8 Å². The van der Waals surface area contributed by atoms with Crippen LogP contribution in [0.5, 0.6) is 0 Å². The Kier molecular flexibility index (Phi) is 5.40. The Labute approximate surface area is 153 Å². The fraction of sp³-hybridized carbons (Fsp3) is 0.450. The number of aromatic nitrogens is 1. The number of hydrogen-bond acceptors (Lipinski definition) is 4. The largest absolute Gasteiger partial charge is 0.472 e. The number of nitrogens with zero attached hydrogens (tertiary/aromatic N) is 2. The minimum atomic E-state index is -0.0839. The highest BCUT2D eigenvalue weighted by molar-refractivity contribution is 5.96. The summed E-state index contributed by atoms with van der Waals surface area (Å²) in [5.74, 6) is 0.0859. The van der Waals surface area contributed by atoms with Gasteiger partial charge in [-0.25, -0.2) is 0 Å². The Hall–Kier alpha value is -2.63. The molecular formula is C20H25N3O3. The van der Waals surface area contributed by atoms with Crippen LogP contribution in [0.15, 0.2) is 35.1 Å². The van der Waals surface area contributed by atoms with Crippen LogP contribution < -0.4 is 5.32 Å². The van der Waals surface area contributed by atoms with Crippen LogP contribution in [0.2, 0.25) is 0 Å². The van der Waals surface area contributed by atoms with Gasteiger partial charge in [-0.05, 0) is 51.8 Å². The van der Waals surface area contributed by atoms with Gasteiger partial charge in [0.15, 0.2) is 0 Å². The summed E-state index contributed by atoms with van der Waals surface area (Å²) in [7, 11) is 0. The summed E-state index contributed by atoms with van der Waals surface area (Å²) in [5.41, 5.74) is 2.97. The summed E-state index contributed by atoms with van der Waals surface area (Å²) < 4.78 is 5.00. The molecule has 0 radical (unpaired) electrons. The summed E-state index contributed by atoms with van der Waals surface area (Å²) >= 11 is 0. The molecule has 1 saturated heterocycles. The van der Waals surface area contributed by atoms with E-state index in [0.29, 0.717) is 24.2 Å². The molecule has 0 saturated carbocycles. The van der Waals surface area contributed by atoms with Crippen LogP contribution in [-0.4, -0.2) is 40.8 Å². The fourth-order valence-electron chi connectivity index (χ4n) is 3.34. The second-order valence-corrected chi connectivity index (χ2v) is 7.09. The molecular weight excluding hydrogens is 330 g/mol. The molecule has 3 heterocycles. The predicted octanol–water partition coefficient (Wildman–Crippen LogP) is 3.14. The fourth-order valence-corrected chi connectivity index (χ4v) is 3.34. The number of carbonyl (C=O) groups is 2. The zero-order chi connectivity index (χ0) is 18.7. The number of piperidine rings is 1. The van der Waals surface area contributed by atoms with Gasteiger partial charge in [-0.3, -0.25) is 14.6 Å². The molecule has 2 amide bonds. The number of nitrogens with one attached hydrogen (secondary N) is 1. The van der Waals surface area contributed by atoms with Crippen molar-refractivity contribution >= 4 is 11.8 Å². The van der Waals surface area contributed by atoms with Gasteiger partial charge in [0, 0.05) is 30.7 Å². The van der Waals surface area contributed by atoms with Crippen molar-refractivity contribution < 1.29 is 14.0 Å². The molecule has 0 spiro atoms. The van der Waals surface area contributed by atoms with E-state index in [9.17, 15) is 9.59 Å². The Balaban J connectivity index is 1.73. The number of likely N-dealkylation sites (tertiary alicyclic amines) is 1. The Morgan fingerprint density at radius 2 is 1.96 bits per heavy atom. The molecule has 1 aliphatic rings. The van der Waals surface area contributed by atoms with Crippen molar-refractivity contribution in [3.8, 4) is 0 Å². The van der Waals surface area contributed by atoms with E-state index in [2.05, 4.69) is 10.3 Å². The minimum Gasteiger partial charge on any atom is -0.472 e. The van der Waals surface area contributed by atoms with Crippen LogP contribution in [0.1, 0.15) is 64.7 Å². The Morgan fingerprint density at radius 3 is 2.58 bits per heavy atom. The van der Waals surface area contributed by atoms with Crippen LogP contribution in [0.3, 0.4) is 0 Å². The van der Waals surface area contributed by atoms with E-state index < -0.39 is 0 Å². The van der Waals surface area contributed by atoms with E-state index in [1.165, 1.54) is 12.5 Å². The van der Waals surface area contributed by atoms with Crippen molar-refractivity contribution in [2.75, 3.05) is 13.1 Å². The first-order valence-corrected chi connectivity index (χ1v) is 9.05. The van der Waals surface area contributed by atoms with Crippen molar-refractivity contribution in [1.82, 2.24) is 15.2 Å². The number of carbonyl (C=O) groups excluding carboxylic acids is 2. The summed E-state index contributed by atoms with van der Waals surface area (Å²) in [4.78, 5) is 31.5. The first-order valence-electron chi connectivity index (χ1n) is 9.05. The van der Waals surface area contributed by atoms with Crippen LogP contribution in [0.25, 0.3) is 0 Å². The summed E-state index contributed by atoms with van der Waals surface area (Å²) in [5, 5.41) is 2.95. The van der Waals surface area contributed by atoms with Gasteiger partial charge >= 0.3 is 0 Å². The number of pyridine rings is 1. The SMILES string of the molecule is Cc1ccc(C(=O)NC(C)C)c(C2CCN(C(=O)c3ccoc3)CC2)n1. The lowest BCUT2D eigenvalue weighted by Gasteiger charge is -2.32. The monoisotopic (exact) mass is 355 g/mol. The van der Waals surface area contributed by atoms with Crippen LogP contribution in [-0.2, 0) is 0 Å². The summed E-state index contributed by atoms with van der Waals surface area (Å²) in [6.45, 7) is 7.12. The lowest BCUT2D eigenvalue weighted by atomic mass is 9.89. The molecule has 3 rings (SSSR count). The van der Waals surface area contributed by atoms with E-state index in [1.807, 2.05) is 37.8 Å². The lowest BCUT2D eigenvalue weighted by molar-refractivity contribution is 0.0709. The number of rotatable bonds is 4. The normalized spacial score (nSPS) is 15.3. The molecule has 0 aromatic carbocycles. The van der Waals surface area contributed by atoms with Crippen molar-refractivity contribution in [2.45, 2.75) is 45.6 Å². The molecule has 0 aliphatic carbocycles. The maximum Gasteiger partial charge on any atom is 0.257 e. The van der Waals surface area contributed by atoms with E-state index in [1.54, 1.807) is 6.07 Å². The van der Waals surface area contributed by atoms with Crippen LogP contribution >= 0.6 is 0 Å². The molecule has 6 heteroatoms. The maximum atomic E-state index is 12.5. The van der Waals surface area contributed by atoms with Crippen molar-refractivity contribution in [2.24, 2.45) is 0 Å². The zero-order valence-corrected chi connectivity index (χ0v) is 15.5. The van der Waals surface area contributed by atoms with Gasteiger partial charge in [-0.15, -0.1) is 0 Å². The molecule has 1 fully saturated rings. The highest BCUT2D eigenvalue weighted by Crippen LogP contribution is 2.30. The molecule has 0 bridgehead atoms. The van der Waals surface area contributed by atoms with E-state index in [-0.39, 0.29) is 23.8 Å². The molecule has 1 aliphatic heterocycles. The lowest BCUT2D eigenvalue weighted by Crippen LogP contribution is -2.38. The molecule has 2 aromatic heterocycles. The number of hydrogen-bond donors (Lipinski definition) is 1. The number of furan rings is 1. The molecule has 6 nitrogen and oxygen atoms in total. The molecule has 1 N–H and O–H groups in total. The maximum absolute atomic E-state index is 12.5. The molecule has 138 valence electrons. The molecule has 0 atom stereocenters. The quantitative estimate of drug-likeness (QED) is 0.914. The zero-order valence-electron chi connectivity index (χ0n) is 15.5. The van der Waals surface area contributed by atoms with E-state index in [0.717, 1.165) is 24.2 Å². The van der Waals surface area contributed by atoms with Gasteiger partial charge in [-0.2, -0.15) is 0 Å². The van der Waals surface area contributed by atoms with Crippen LogP contribution in [0, 0.1) is 6.92 Å². The highest BCUT2D eigenvalue weighted by Gasteiger charge is 2.28. The minimum absolute atomic E-state index is 0.00724. The number of amides is 2. The van der Waals surface area contributed by atoms with Crippen molar-refractivity contribution in [3.63, 3.8) is 0 Å². The topological polar surface area (TPSA) is 75.4 Å². The molecule has 0 unspecified atom stereocenters. The summed E-state index contributed by atoms with van der Waals surface area (Å²) in [6, 6.07) is 5.49. The first-order chi connectivity index (χ1) is 12.5. The van der Waals surface area contributed by atoms with Gasteiger partial charge in [0.2, 0.25) is 0 Å². The second kappa shape index (κ2) is 7.72. The van der Waals surface area contributed by atoms with Gasteiger partial charge in [0.1, 0.15) is 6.26 Å². The molecule has 2 aromatic rings. The van der Waals surface area contributed by atoms with Crippen molar-refractivity contribution in [1.29, 1.82) is 0 Å². The second-order valence-electron chi connectivity index (χ2n) is 7.09. The van der Waals surface area contributed by atoms with Gasteiger partial charge < -0.3 is 14.6 Å². The third-order valence-electron chi connectivity index (χ3n) is 4.67. The van der Waals surface area contributed by atoms with E-state index in [4.69, 9.17) is 4.42 Å². The Bertz CT molecular complexity index is 776.